The number of carbonyl (C=O) groups is 1. The highest BCUT2D eigenvalue weighted by Gasteiger charge is 2.25. The lowest BCUT2D eigenvalue weighted by atomic mass is 10.1. The van der Waals surface area contributed by atoms with E-state index in [4.69, 9.17) is 11.6 Å². The number of anilines is 1. The number of benzene rings is 2. The van der Waals surface area contributed by atoms with Gasteiger partial charge in [-0.3, -0.25) is 4.79 Å². The monoisotopic (exact) mass is 463 g/mol. The molecule has 0 unspecified atom stereocenters. The van der Waals surface area contributed by atoms with Crippen LogP contribution in [0.15, 0.2) is 52.7 Å². The molecule has 158 valence electrons. The summed E-state index contributed by atoms with van der Waals surface area (Å²) in [6.07, 6.45) is 0. The third-order valence-corrected chi connectivity index (χ3v) is 7.18. The van der Waals surface area contributed by atoms with Gasteiger partial charge in [-0.15, -0.1) is 11.3 Å². The summed E-state index contributed by atoms with van der Waals surface area (Å²) in [5, 5.41) is 5.71. The van der Waals surface area contributed by atoms with Crippen LogP contribution in [0, 0.1) is 6.92 Å². The molecule has 3 aromatic rings. The Morgan fingerprint density at radius 1 is 1.10 bits per heavy atom. The van der Waals surface area contributed by atoms with Gasteiger partial charge in [0.25, 0.3) is 5.91 Å². The molecule has 9 heteroatoms. The van der Waals surface area contributed by atoms with Crippen molar-refractivity contribution in [1.82, 2.24) is 9.71 Å². The predicted molar refractivity (Wildman–Crippen MR) is 122 cm³/mol. The maximum atomic E-state index is 12.7. The van der Waals surface area contributed by atoms with Gasteiger partial charge in [0.05, 0.1) is 5.02 Å². The van der Waals surface area contributed by atoms with E-state index < -0.39 is 21.5 Å². The molecule has 0 atom stereocenters. The summed E-state index contributed by atoms with van der Waals surface area (Å²) in [5.74, 6) is -0.434. The number of nitrogens with zero attached hydrogens (tertiary/aromatic N) is 1. The lowest BCUT2D eigenvalue weighted by molar-refractivity contribution is 0.102. The minimum Gasteiger partial charge on any atom is -0.322 e. The number of carbonyl (C=O) groups excluding carboxylic acids is 1. The molecular weight excluding hydrogens is 442 g/mol. The number of halogens is 1. The average molecular weight is 464 g/mol. The first-order valence-corrected chi connectivity index (χ1v) is 11.9. The number of hydrogen-bond acceptors (Lipinski definition) is 5. The van der Waals surface area contributed by atoms with Crippen LogP contribution in [0.5, 0.6) is 0 Å². The van der Waals surface area contributed by atoms with Crippen LogP contribution in [0.3, 0.4) is 0 Å². The van der Waals surface area contributed by atoms with E-state index in [1.807, 2.05) is 24.4 Å². The molecule has 0 bridgehead atoms. The van der Waals surface area contributed by atoms with Crippen LogP contribution in [0.25, 0.3) is 10.6 Å². The second kappa shape index (κ2) is 8.47. The third-order valence-electron chi connectivity index (χ3n) is 3.93. The van der Waals surface area contributed by atoms with Crippen LogP contribution in [-0.4, -0.2) is 24.8 Å². The second-order valence-corrected chi connectivity index (χ2v) is 10.7. The molecule has 0 fully saturated rings. The molecule has 2 N–H and O–H groups in total. The van der Waals surface area contributed by atoms with Gasteiger partial charge in [-0.25, -0.2) is 18.1 Å². The molecule has 2 aromatic carbocycles. The first-order valence-electron chi connectivity index (χ1n) is 9.12. The van der Waals surface area contributed by atoms with Crippen molar-refractivity contribution >= 4 is 44.6 Å². The van der Waals surface area contributed by atoms with Crippen molar-refractivity contribution in [2.75, 3.05) is 5.32 Å². The highest BCUT2D eigenvalue weighted by atomic mass is 35.5. The summed E-state index contributed by atoms with van der Waals surface area (Å²) < 4.78 is 27.8. The van der Waals surface area contributed by atoms with Gasteiger partial charge in [0.15, 0.2) is 0 Å². The van der Waals surface area contributed by atoms with E-state index in [-0.39, 0.29) is 15.5 Å². The molecule has 1 amide bonds. The van der Waals surface area contributed by atoms with Gasteiger partial charge in [-0.1, -0.05) is 11.6 Å². The molecule has 0 aliphatic heterocycles. The van der Waals surface area contributed by atoms with Gasteiger partial charge in [-0.2, -0.15) is 0 Å². The third kappa shape index (κ3) is 5.46. The minimum atomic E-state index is -3.88. The molecule has 30 heavy (non-hydrogen) atoms. The highest BCUT2D eigenvalue weighted by Crippen LogP contribution is 2.26. The Morgan fingerprint density at radius 2 is 1.77 bits per heavy atom. The van der Waals surface area contributed by atoms with Crippen molar-refractivity contribution in [1.29, 1.82) is 0 Å². The molecule has 1 aromatic heterocycles. The van der Waals surface area contributed by atoms with E-state index in [1.165, 1.54) is 18.2 Å². The molecule has 0 saturated heterocycles. The Labute approximate surface area is 185 Å². The first-order chi connectivity index (χ1) is 13.9. The Bertz CT molecular complexity index is 1180. The van der Waals surface area contributed by atoms with E-state index in [1.54, 1.807) is 44.2 Å². The summed E-state index contributed by atoms with van der Waals surface area (Å²) in [4.78, 5) is 17.0. The zero-order valence-corrected chi connectivity index (χ0v) is 19.4. The van der Waals surface area contributed by atoms with E-state index in [0.717, 1.165) is 16.3 Å². The van der Waals surface area contributed by atoms with E-state index >= 15 is 0 Å². The lowest BCUT2D eigenvalue weighted by Crippen LogP contribution is -2.40. The number of thiazole rings is 1. The molecule has 1 heterocycles. The predicted octanol–water partition coefficient (Wildman–Crippen LogP) is 5.10. The number of hydrogen-bond donors (Lipinski definition) is 2. The molecule has 0 spiro atoms. The van der Waals surface area contributed by atoms with Crippen molar-refractivity contribution < 1.29 is 13.2 Å². The Morgan fingerprint density at radius 3 is 2.33 bits per heavy atom. The number of aryl methyl sites for hydroxylation is 1. The number of sulfonamides is 1. The fraction of sp³-hybridized carbons (Fsp3) is 0.238. The fourth-order valence-electron chi connectivity index (χ4n) is 2.69. The van der Waals surface area contributed by atoms with Crippen LogP contribution in [-0.2, 0) is 10.0 Å². The van der Waals surface area contributed by atoms with Crippen LogP contribution in [0.4, 0.5) is 5.69 Å². The SMILES string of the molecule is Cc1csc(-c2ccc(NC(=O)c3ccc(Cl)c(S(=O)(=O)NC(C)(C)C)c3)cc2)n1. The molecule has 3 rings (SSSR count). The van der Waals surface area contributed by atoms with Crippen LogP contribution in [0.1, 0.15) is 36.8 Å². The molecule has 0 aliphatic carbocycles. The van der Waals surface area contributed by atoms with Crippen molar-refractivity contribution in [2.45, 2.75) is 38.1 Å². The number of nitrogens with one attached hydrogen (secondary N) is 2. The van der Waals surface area contributed by atoms with Gasteiger partial charge >= 0.3 is 0 Å². The first kappa shape index (κ1) is 22.4. The molecule has 6 nitrogen and oxygen atoms in total. The zero-order chi connectivity index (χ0) is 22.1. The van der Waals surface area contributed by atoms with Crippen LogP contribution < -0.4 is 10.0 Å². The molecule has 0 saturated carbocycles. The van der Waals surface area contributed by atoms with Crippen LogP contribution >= 0.6 is 22.9 Å². The normalized spacial score (nSPS) is 12.0. The van der Waals surface area contributed by atoms with Crippen molar-refractivity contribution in [3.8, 4) is 10.6 Å². The fourth-order valence-corrected chi connectivity index (χ4v) is 5.44. The summed E-state index contributed by atoms with van der Waals surface area (Å²) in [6, 6.07) is 11.5. The summed E-state index contributed by atoms with van der Waals surface area (Å²) in [5.41, 5.74) is 2.01. The molecule has 0 aliphatic rings. The van der Waals surface area contributed by atoms with Gasteiger partial charge in [0.2, 0.25) is 10.0 Å². The van der Waals surface area contributed by atoms with Gasteiger partial charge in [0.1, 0.15) is 9.90 Å². The Kier molecular flexibility index (Phi) is 6.33. The second-order valence-electron chi connectivity index (χ2n) is 7.83. The summed E-state index contributed by atoms with van der Waals surface area (Å²) >= 11 is 7.65. The maximum Gasteiger partial charge on any atom is 0.255 e. The minimum absolute atomic E-state index is 0.0476. The van der Waals surface area contributed by atoms with E-state index in [0.29, 0.717) is 5.69 Å². The average Bonchev–Trinajstić information content (AvgIpc) is 3.07. The smallest absolute Gasteiger partial charge is 0.255 e. The summed E-state index contributed by atoms with van der Waals surface area (Å²) in [7, 11) is -3.88. The van der Waals surface area contributed by atoms with Gasteiger partial charge in [-0.05, 0) is 70.2 Å². The lowest BCUT2D eigenvalue weighted by Gasteiger charge is -2.21. The Hall–Kier alpha value is -2.26. The molecular formula is C21H22ClN3O3S2. The number of amides is 1. The van der Waals surface area contributed by atoms with E-state index in [9.17, 15) is 13.2 Å². The standard InChI is InChI=1S/C21H22ClN3O3S2/c1-13-12-29-20(23-13)14-5-8-16(9-6-14)24-19(26)15-7-10-17(22)18(11-15)30(27,28)25-21(2,3)4/h5-12,25H,1-4H3,(H,24,26). The molecule has 0 radical (unpaired) electrons. The van der Waals surface area contributed by atoms with E-state index in [2.05, 4.69) is 15.0 Å². The highest BCUT2D eigenvalue weighted by molar-refractivity contribution is 7.89. The Balaban J connectivity index is 1.80. The van der Waals surface area contributed by atoms with Crippen LogP contribution in [0.2, 0.25) is 5.02 Å². The van der Waals surface area contributed by atoms with Crippen molar-refractivity contribution in [3.63, 3.8) is 0 Å². The number of aromatic nitrogens is 1. The van der Waals surface area contributed by atoms with Crippen molar-refractivity contribution in [3.05, 3.63) is 64.1 Å². The zero-order valence-electron chi connectivity index (χ0n) is 17.0. The van der Waals surface area contributed by atoms with Crippen molar-refractivity contribution in [2.24, 2.45) is 0 Å². The number of rotatable bonds is 5. The van der Waals surface area contributed by atoms with Gasteiger partial charge in [0, 0.05) is 33.4 Å². The topological polar surface area (TPSA) is 88.2 Å². The largest absolute Gasteiger partial charge is 0.322 e. The quantitative estimate of drug-likeness (QED) is 0.550. The van der Waals surface area contributed by atoms with Gasteiger partial charge < -0.3 is 5.32 Å². The summed E-state index contributed by atoms with van der Waals surface area (Å²) in [6.45, 7) is 7.12. The maximum absolute atomic E-state index is 12.7.